The number of aromatic nitrogens is 3. The molecule has 0 aliphatic carbocycles. The molecular weight excluding hydrogens is 192 g/mol. The fourth-order valence-corrected chi connectivity index (χ4v) is 1.16. The van der Waals surface area contributed by atoms with Crippen LogP contribution in [0.2, 0.25) is 0 Å². The zero-order valence-electron chi connectivity index (χ0n) is 9.53. The molecule has 1 N–H and O–H groups in total. The predicted molar refractivity (Wildman–Crippen MR) is 57.2 cm³/mol. The van der Waals surface area contributed by atoms with E-state index in [2.05, 4.69) is 15.6 Å². The van der Waals surface area contributed by atoms with Gasteiger partial charge in [-0.25, -0.2) is 0 Å². The zero-order valence-corrected chi connectivity index (χ0v) is 9.53. The van der Waals surface area contributed by atoms with Crippen molar-refractivity contribution < 1.29 is 4.79 Å². The Morgan fingerprint density at radius 1 is 1.60 bits per heavy atom. The van der Waals surface area contributed by atoms with Gasteiger partial charge in [-0.15, -0.1) is 5.10 Å². The van der Waals surface area contributed by atoms with E-state index in [0.29, 0.717) is 6.54 Å². The van der Waals surface area contributed by atoms with Crippen LogP contribution in [0.5, 0.6) is 0 Å². The quantitative estimate of drug-likeness (QED) is 0.729. The third-order valence-electron chi connectivity index (χ3n) is 2.04. The van der Waals surface area contributed by atoms with Gasteiger partial charge in [-0.05, 0) is 13.3 Å². The molecule has 0 aliphatic rings. The first-order valence-corrected chi connectivity index (χ1v) is 5.24. The maximum atomic E-state index is 11.2. The SMILES string of the molecule is Cc1cn(CCCNC(=O)C(C)C)nn1. The summed E-state index contributed by atoms with van der Waals surface area (Å²) in [6.07, 6.45) is 2.77. The van der Waals surface area contributed by atoms with Crippen molar-refractivity contribution >= 4 is 5.91 Å². The molecule has 1 heterocycles. The van der Waals surface area contributed by atoms with Crippen molar-refractivity contribution in [2.24, 2.45) is 5.92 Å². The van der Waals surface area contributed by atoms with E-state index in [9.17, 15) is 4.79 Å². The molecular formula is C10H18N4O. The van der Waals surface area contributed by atoms with Crippen LogP contribution < -0.4 is 5.32 Å². The van der Waals surface area contributed by atoms with Gasteiger partial charge in [0.25, 0.3) is 0 Å². The van der Waals surface area contributed by atoms with Crippen LogP contribution in [0.15, 0.2) is 6.20 Å². The van der Waals surface area contributed by atoms with Crippen LogP contribution in [0.4, 0.5) is 0 Å². The molecule has 1 rings (SSSR count). The average Bonchev–Trinajstić information content (AvgIpc) is 2.58. The molecule has 84 valence electrons. The minimum Gasteiger partial charge on any atom is -0.356 e. The fourth-order valence-electron chi connectivity index (χ4n) is 1.16. The van der Waals surface area contributed by atoms with E-state index in [4.69, 9.17) is 0 Å². The minimum absolute atomic E-state index is 0.0543. The second-order valence-corrected chi connectivity index (χ2v) is 3.92. The molecule has 0 saturated carbocycles. The lowest BCUT2D eigenvalue weighted by atomic mass is 10.2. The van der Waals surface area contributed by atoms with Crippen LogP contribution in [0.25, 0.3) is 0 Å². The van der Waals surface area contributed by atoms with Gasteiger partial charge in [-0.3, -0.25) is 9.48 Å². The summed E-state index contributed by atoms with van der Waals surface area (Å²) in [5.74, 6) is 0.156. The predicted octanol–water partition coefficient (Wildman–Crippen LogP) is 0.749. The van der Waals surface area contributed by atoms with Gasteiger partial charge in [0.15, 0.2) is 0 Å². The van der Waals surface area contributed by atoms with Gasteiger partial charge < -0.3 is 5.32 Å². The van der Waals surface area contributed by atoms with Crippen molar-refractivity contribution in [1.29, 1.82) is 0 Å². The average molecular weight is 210 g/mol. The normalized spacial score (nSPS) is 10.7. The Hall–Kier alpha value is -1.39. The third-order valence-corrected chi connectivity index (χ3v) is 2.04. The van der Waals surface area contributed by atoms with E-state index < -0.39 is 0 Å². The first-order valence-electron chi connectivity index (χ1n) is 5.24. The zero-order chi connectivity index (χ0) is 11.3. The Morgan fingerprint density at radius 3 is 2.87 bits per heavy atom. The largest absolute Gasteiger partial charge is 0.356 e. The van der Waals surface area contributed by atoms with Crippen molar-refractivity contribution in [1.82, 2.24) is 20.3 Å². The maximum absolute atomic E-state index is 11.2. The van der Waals surface area contributed by atoms with Gasteiger partial charge in [-0.1, -0.05) is 19.1 Å². The Morgan fingerprint density at radius 2 is 2.33 bits per heavy atom. The molecule has 0 spiro atoms. The molecule has 1 amide bonds. The van der Waals surface area contributed by atoms with Crippen LogP contribution in [-0.4, -0.2) is 27.4 Å². The van der Waals surface area contributed by atoms with Crippen molar-refractivity contribution in [3.05, 3.63) is 11.9 Å². The van der Waals surface area contributed by atoms with E-state index >= 15 is 0 Å². The monoisotopic (exact) mass is 210 g/mol. The summed E-state index contributed by atoms with van der Waals surface area (Å²) in [6, 6.07) is 0. The van der Waals surface area contributed by atoms with Crippen molar-refractivity contribution in [3.8, 4) is 0 Å². The van der Waals surface area contributed by atoms with Gasteiger partial charge in [0.05, 0.1) is 5.69 Å². The van der Waals surface area contributed by atoms with Gasteiger partial charge in [-0.2, -0.15) is 0 Å². The van der Waals surface area contributed by atoms with Gasteiger partial charge >= 0.3 is 0 Å². The van der Waals surface area contributed by atoms with Gasteiger partial charge in [0.1, 0.15) is 0 Å². The summed E-state index contributed by atoms with van der Waals surface area (Å²) < 4.78 is 1.79. The highest BCUT2D eigenvalue weighted by molar-refractivity contribution is 5.77. The summed E-state index contributed by atoms with van der Waals surface area (Å²) in [5.41, 5.74) is 0.918. The van der Waals surface area contributed by atoms with E-state index in [0.717, 1.165) is 18.7 Å². The summed E-state index contributed by atoms with van der Waals surface area (Å²) in [5, 5.41) is 10.7. The first-order chi connectivity index (χ1) is 7.09. The molecule has 0 aliphatic heterocycles. The summed E-state index contributed by atoms with van der Waals surface area (Å²) >= 11 is 0. The highest BCUT2D eigenvalue weighted by Gasteiger charge is 2.04. The molecule has 1 aromatic rings. The maximum Gasteiger partial charge on any atom is 0.222 e. The Labute approximate surface area is 89.9 Å². The fraction of sp³-hybridized carbons (Fsp3) is 0.700. The van der Waals surface area contributed by atoms with E-state index in [-0.39, 0.29) is 11.8 Å². The molecule has 0 atom stereocenters. The van der Waals surface area contributed by atoms with Gasteiger partial charge in [0, 0.05) is 25.2 Å². The lowest BCUT2D eigenvalue weighted by Gasteiger charge is -2.06. The number of aryl methyl sites for hydroxylation is 2. The van der Waals surface area contributed by atoms with E-state index in [1.165, 1.54) is 0 Å². The Kier molecular flexibility index (Phi) is 4.27. The summed E-state index contributed by atoms with van der Waals surface area (Å²) in [7, 11) is 0. The Bertz CT molecular complexity index is 319. The molecule has 0 unspecified atom stereocenters. The second-order valence-electron chi connectivity index (χ2n) is 3.92. The highest BCUT2D eigenvalue weighted by atomic mass is 16.1. The molecule has 0 aromatic carbocycles. The molecule has 0 bridgehead atoms. The molecule has 0 radical (unpaired) electrons. The summed E-state index contributed by atoms with van der Waals surface area (Å²) in [6.45, 7) is 7.16. The highest BCUT2D eigenvalue weighted by Crippen LogP contribution is 1.93. The van der Waals surface area contributed by atoms with Crippen molar-refractivity contribution in [2.75, 3.05) is 6.54 Å². The van der Waals surface area contributed by atoms with Crippen LogP contribution in [0.1, 0.15) is 26.0 Å². The van der Waals surface area contributed by atoms with Crippen LogP contribution in [0.3, 0.4) is 0 Å². The molecule has 15 heavy (non-hydrogen) atoms. The molecule has 0 saturated heterocycles. The molecule has 1 aromatic heterocycles. The molecule has 0 fully saturated rings. The van der Waals surface area contributed by atoms with Crippen LogP contribution in [0, 0.1) is 12.8 Å². The Balaban J connectivity index is 2.15. The van der Waals surface area contributed by atoms with E-state index in [1.54, 1.807) is 4.68 Å². The number of carbonyl (C=O) groups excluding carboxylic acids is 1. The van der Waals surface area contributed by atoms with Gasteiger partial charge in [0.2, 0.25) is 5.91 Å². The number of rotatable bonds is 5. The third kappa shape index (κ3) is 4.10. The van der Waals surface area contributed by atoms with Crippen molar-refractivity contribution in [3.63, 3.8) is 0 Å². The molecule has 5 nitrogen and oxygen atoms in total. The van der Waals surface area contributed by atoms with Crippen molar-refractivity contribution in [2.45, 2.75) is 33.7 Å². The van der Waals surface area contributed by atoms with Crippen LogP contribution in [-0.2, 0) is 11.3 Å². The number of hydrogen-bond acceptors (Lipinski definition) is 3. The summed E-state index contributed by atoms with van der Waals surface area (Å²) in [4.78, 5) is 11.2. The first kappa shape index (κ1) is 11.7. The van der Waals surface area contributed by atoms with Crippen LogP contribution >= 0.6 is 0 Å². The lowest BCUT2D eigenvalue weighted by molar-refractivity contribution is -0.123. The number of nitrogens with zero attached hydrogens (tertiary/aromatic N) is 3. The second kappa shape index (κ2) is 5.48. The smallest absolute Gasteiger partial charge is 0.222 e. The molecule has 5 heteroatoms. The number of nitrogens with one attached hydrogen (secondary N) is 1. The number of hydrogen-bond donors (Lipinski definition) is 1. The number of carbonyl (C=O) groups is 1. The van der Waals surface area contributed by atoms with E-state index in [1.807, 2.05) is 27.0 Å². The minimum atomic E-state index is 0.0543. The number of amides is 1. The standard InChI is InChI=1S/C10H18N4O/c1-8(2)10(15)11-5-4-6-14-7-9(3)12-13-14/h7-8H,4-6H2,1-3H3,(H,11,15). The topological polar surface area (TPSA) is 59.8 Å². The lowest BCUT2D eigenvalue weighted by Crippen LogP contribution is -2.29.